The number of aromatic hydroxyl groups is 1. The number of Topliss-reactive ketones (excluding diaryl/α,β-unsaturated/α-hetero) is 1. The molecule has 0 aromatic heterocycles. The van der Waals surface area contributed by atoms with Crippen LogP contribution in [0.4, 0.5) is 5.69 Å². The quantitative estimate of drug-likeness (QED) is 0.661. The van der Waals surface area contributed by atoms with Crippen LogP contribution in [-0.4, -0.2) is 53.0 Å². The van der Waals surface area contributed by atoms with E-state index in [0.29, 0.717) is 29.5 Å². The van der Waals surface area contributed by atoms with Crippen molar-refractivity contribution in [2.45, 2.75) is 51.4 Å². The summed E-state index contributed by atoms with van der Waals surface area (Å²) < 4.78 is 12.9. The maximum absolute atomic E-state index is 12.7. The highest BCUT2D eigenvalue weighted by molar-refractivity contribution is 5.96. The van der Waals surface area contributed by atoms with E-state index in [1.54, 1.807) is 30.3 Å². The fourth-order valence-electron chi connectivity index (χ4n) is 5.71. The number of anilines is 1. The molecule has 7 nitrogen and oxygen atoms in total. The van der Waals surface area contributed by atoms with E-state index in [2.05, 4.69) is 24.1 Å². The smallest absolute Gasteiger partial charge is 0.238 e. The molecule has 1 amide bonds. The van der Waals surface area contributed by atoms with Crippen molar-refractivity contribution in [3.63, 3.8) is 0 Å². The molecule has 4 atom stereocenters. The number of carbonyl (C=O) groups is 2. The number of phenolic OH excluding ortho intramolecular Hbond substituents is 1. The normalized spacial score (nSPS) is 27.5. The third kappa shape index (κ3) is 4.30. The summed E-state index contributed by atoms with van der Waals surface area (Å²) in [5.41, 5.74) is 1.79. The van der Waals surface area contributed by atoms with E-state index in [9.17, 15) is 14.7 Å². The van der Waals surface area contributed by atoms with E-state index in [0.717, 1.165) is 31.5 Å². The van der Waals surface area contributed by atoms with Crippen LogP contribution >= 0.6 is 0 Å². The molecule has 3 aliphatic heterocycles. The molecule has 0 saturated carbocycles. The van der Waals surface area contributed by atoms with Gasteiger partial charge in [-0.05, 0) is 69.9 Å². The van der Waals surface area contributed by atoms with Crippen molar-refractivity contribution in [1.82, 2.24) is 4.90 Å². The number of para-hydroxylation sites is 1. The molecule has 2 aromatic rings. The molecule has 2 saturated heterocycles. The van der Waals surface area contributed by atoms with Crippen LogP contribution in [-0.2, 0) is 9.53 Å². The van der Waals surface area contributed by atoms with Gasteiger partial charge in [-0.1, -0.05) is 12.1 Å². The summed E-state index contributed by atoms with van der Waals surface area (Å²) in [6, 6.07) is 12.5. The van der Waals surface area contributed by atoms with Gasteiger partial charge in [0.1, 0.15) is 5.60 Å². The Bertz CT molecular complexity index is 1100. The molecule has 5 rings (SSSR count). The Labute approximate surface area is 200 Å². The van der Waals surface area contributed by atoms with Gasteiger partial charge < -0.3 is 19.9 Å². The average Bonchev–Trinajstić information content (AvgIpc) is 2.79. The number of rotatable bonds is 4. The molecular weight excluding hydrogens is 432 g/mol. The van der Waals surface area contributed by atoms with Crippen LogP contribution in [0, 0.1) is 11.8 Å². The molecule has 0 aliphatic carbocycles. The minimum Gasteiger partial charge on any atom is -0.504 e. The second kappa shape index (κ2) is 8.71. The first-order valence-corrected chi connectivity index (χ1v) is 12.0. The summed E-state index contributed by atoms with van der Waals surface area (Å²) in [6.07, 6.45) is 1.84. The standard InChI is InChI=1S/C27H32N2O5/c1-16(30)17-7-9-19(10-8-17)28-24(32)15-29-12-11-23-18(14-29)13-21-25(33-23)20-5-4-6-22(31)26(20)34-27(21,2)3/h4-10,18,21,23,25,31H,11-15H2,1-3H3,(H,28,32)/t18-,21-,23-,25+/m1/s1. The van der Waals surface area contributed by atoms with Crippen LogP contribution in [0.5, 0.6) is 11.5 Å². The van der Waals surface area contributed by atoms with Crippen molar-refractivity contribution in [2.75, 3.05) is 25.0 Å². The topological polar surface area (TPSA) is 88.1 Å². The molecule has 2 N–H and O–H groups in total. The highest BCUT2D eigenvalue weighted by atomic mass is 16.5. The molecule has 2 aromatic carbocycles. The number of benzene rings is 2. The van der Waals surface area contributed by atoms with Crippen LogP contribution in [0.1, 0.15) is 55.6 Å². The van der Waals surface area contributed by atoms with E-state index in [1.165, 1.54) is 6.92 Å². The molecule has 34 heavy (non-hydrogen) atoms. The Morgan fingerprint density at radius 2 is 1.94 bits per heavy atom. The summed E-state index contributed by atoms with van der Waals surface area (Å²) >= 11 is 0. The maximum atomic E-state index is 12.7. The number of nitrogens with zero attached hydrogens (tertiary/aromatic N) is 1. The lowest BCUT2D eigenvalue weighted by atomic mass is 9.70. The Balaban J connectivity index is 1.23. The zero-order chi connectivity index (χ0) is 24.0. The Morgan fingerprint density at radius 1 is 1.18 bits per heavy atom. The van der Waals surface area contributed by atoms with Crippen LogP contribution in [0.2, 0.25) is 0 Å². The second-order valence-corrected chi connectivity index (χ2v) is 10.3. The Kier molecular flexibility index (Phi) is 5.86. The zero-order valence-corrected chi connectivity index (χ0v) is 19.9. The molecule has 0 radical (unpaired) electrons. The predicted octanol–water partition coefficient (Wildman–Crippen LogP) is 4.17. The number of phenols is 1. The van der Waals surface area contributed by atoms with Crippen molar-refractivity contribution >= 4 is 17.4 Å². The van der Waals surface area contributed by atoms with Crippen molar-refractivity contribution in [3.05, 3.63) is 53.6 Å². The van der Waals surface area contributed by atoms with Gasteiger partial charge in [-0.2, -0.15) is 0 Å². The molecule has 3 aliphatic rings. The first-order valence-electron chi connectivity index (χ1n) is 12.0. The summed E-state index contributed by atoms with van der Waals surface area (Å²) in [6.45, 7) is 7.57. The van der Waals surface area contributed by atoms with Gasteiger partial charge in [-0.25, -0.2) is 0 Å². The molecule has 0 spiro atoms. The summed E-state index contributed by atoms with van der Waals surface area (Å²) in [4.78, 5) is 26.3. The molecule has 0 bridgehead atoms. The fourth-order valence-corrected chi connectivity index (χ4v) is 5.71. The SMILES string of the molecule is CC(=O)c1ccc(NC(=O)CN2CC[C@H]3O[C@H]4c5cccc(O)c5OC(C)(C)[C@@H]4C[C@@H]3C2)cc1. The van der Waals surface area contributed by atoms with Gasteiger partial charge in [-0.3, -0.25) is 14.5 Å². The third-order valence-corrected chi connectivity index (χ3v) is 7.52. The van der Waals surface area contributed by atoms with E-state index >= 15 is 0 Å². The maximum Gasteiger partial charge on any atom is 0.238 e. The minimum absolute atomic E-state index is 0.00419. The van der Waals surface area contributed by atoms with E-state index in [1.807, 2.05) is 12.1 Å². The average molecular weight is 465 g/mol. The second-order valence-electron chi connectivity index (χ2n) is 10.3. The monoisotopic (exact) mass is 464 g/mol. The number of likely N-dealkylation sites (tertiary alicyclic amines) is 1. The summed E-state index contributed by atoms with van der Waals surface area (Å²) in [7, 11) is 0. The molecule has 0 unspecified atom stereocenters. The van der Waals surface area contributed by atoms with Gasteiger partial charge in [0.2, 0.25) is 5.91 Å². The minimum atomic E-state index is -0.465. The van der Waals surface area contributed by atoms with Crippen LogP contribution in [0.15, 0.2) is 42.5 Å². The van der Waals surface area contributed by atoms with E-state index in [4.69, 9.17) is 9.47 Å². The number of piperidine rings is 1. The molecule has 3 heterocycles. The van der Waals surface area contributed by atoms with Crippen molar-refractivity contribution in [3.8, 4) is 11.5 Å². The van der Waals surface area contributed by atoms with E-state index < -0.39 is 5.60 Å². The summed E-state index contributed by atoms with van der Waals surface area (Å²) in [5.74, 6) is 1.12. The Hall–Kier alpha value is -2.90. The van der Waals surface area contributed by atoms with Crippen LogP contribution < -0.4 is 10.1 Å². The van der Waals surface area contributed by atoms with Crippen LogP contribution in [0.25, 0.3) is 0 Å². The van der Waals surface area contributed by atoms with Gasteiger partial charge in [0.25, 0.3) is 0 Å². The van der Waals surface area contributed by atoms with Crippen molar-refractivity contribution in [2.24, 2.45) is 11.8 Å². The van der Waals surface area contributed by atoms with E-state index in [-0.39, 0.29) is 35.6 Å². The van der Waals surface area contributed by atoms with Crippen LogP contribution in [0.3, 0.4) is 0 Å². The lowest BCUT2D eigenvalue weighted by Crippen LogP contribution is -2.55. The van der Waals surface area contributed by atoms with Gasteiger partial charge in [-0.15, -0.1) is 0 Å². The van der Waals surface area contributed by atoms with Gasteiger partial charge in [0, 0.05) is 35.8 Å². The van der Waals surface area contributed by atoms with Gasteiger partial charge in [0.15, 0.2) is 17.3 Å². The fraction of sp³-hybridized carbons (Fsp3) is 0.481. The zero-order valence-electron chi connectivity index (χ0n) is 19.9. The van der Waals surface area contributed by atoms with Crippen molar-refractivity contribution in [1.29, 1.82) is 0 Å². The lowest BCUT2D eigenvalue weighted by Gasteiger charge is -2.53. The highest BCUT2D eigenvalue weighted by Gasteiger charge is 2.51. The summed E-state index contributed by atoms with van der Waals surface area (Å²) in [5, 5.41) is 13.3. The lowest BCUT2D eigenvalue weighted by molar-refractivity contribution is -0.187. The number of hydrogen-bond acceptors (Lipinski definition) is 6. The Morgan fingerprint density at radius 3 is 2.68 bits per heavy atom. The number of carbonyl (C=O) groups excluding carboxylic acids is 2. The van der Waals surface area contributed by atoms with Gasteiger partial charge >= 0.3 is 0 Å². The number of hydrogen-bond donors (Lipinski definition) is 2. The number of ketones is 1. The highest BCUT2D eigenvalue weighted by Crippen LogP contribution is 2.54. The molecule has 2 fully saturated rings. The van der Waals surface area contributed by atoms with Crippen molar-refractivity contribution < 1.29 is 24.2 Å². The third-order valence-electron chi connectivity index (χ3n) is 7.52. The molecule has 180 valence electrons. The predicted molar refractivity (Wildman–Crippen MR) is 128 cm³/mol. The number of nitrogens with one attached hydrogen (secondary N) is 1. The number of ether oxygens (including phenoxy) is 2. The number of fused-ring (bicyclic) bond motifs is 4. The molecular formula is C27H32N2O5. The first-order chi connectivity index (χ1) is 16.2. The largest absolute Gasteiger partial charge is 0.504 e. The van der Waals surface area contributed by atoms with Gasteiger partial charge in [0.05, 0.1) is 18.8 Å². The first kappa shape index (κ1) is 22.9. The molecule has 7 heteroatoms. The number of amides is 1.